The quantitative estimate of drug-likeness (QED) is 0.719. The summed E-state index contributed by atoms with van der Waals surface area (Å²) < 4.78 is 19.1. The van der Waals surface area contributed by atoms with Gasteiger partial charge >= 0.3 is 0 Å². The fourth-order valence-electron chi connectivity index (χ4n) is 1.06. The second-order valence-electron chi connectivity index (χ2n) is 3.01. The molecule has 1 aromatic carbocycles. The zero-order chi connectivity index (χ0) is 9.84. The SMILES string of the molecule is Cc1ccc(C(N)CS(=O)O)cc1. The van der Waals surface area contributed by atoms with Gasteiger partial charge in [0.2, 0.25) is 0 Å². The lowest BCUT2D eigenvalue weighted by molar-refractivity contribution is 0.557. The lowest BCUT2D eigenvalue weighted by atomic mass is 10.1. The smallest absolute Gasteiger partial charge is 0.154 e. The number of nitrogens with two attached hydrogens (primary N) is 1. The molecule has 0 saturated carbocycles. The van der Waals surface area contributed by atoms with Crippen molar-refractivity contribution in [1.82, 2.24) is 0 Å². The average molecular weight is 199 g/mol. The Morgan fingerprint density at radius 2 is 2.00 bits per heavy atom. The maximum Gasteiger partial charge on any atom is 0.154 e. The Morgan fingerprint density at radius 1 is 1.46 bits per heavy atom. The van der Waals surface area contributed by atoms with E-state index in [1.165, 1.54) is 0 Å². The normalized spacial score (nSPS) is 15.3. The van der Waals surface area contributed by atoms with E-state index in [4.69, 9.17) is 10.3 Å². The molecule has 2 atom stereocenters. The van der Waals surface area contributed by atoms with E-state index in [-0.39, 0.29) is 11.8 Å². The Hall–Kier alpha value is -0.710. The van der Waals surface area contributed by atoms with Gasteiger partial charge in [-0.15, -0.1) is 0 Å². The van der Waals surface area contributed by atoms with Gasteiger partial charge in [-0.2, -0.15) is 0 Å². The maximum absolute atomic E-state index is 10.5. The molecule has 0 aliphatic heterocycles. The highest BCUT2D eigenvalue weighted by Gasteiger charge is 2.07. The summed E-state index contributed by atoms with van der Waals surface area (Å²) in [7, 11) is 0. The number of aryl methyl sites for hydroxylation is 1. The fourth-order valence-corrected chi connectivity index (χ4v) is 1.56. The predicted molar refractivity (Wildman–Crippen MR) is 53.7 cm³/mol. The first-order valence-electron chi connectivity index (χ1n) is 3.99. The van der Waals surface area contributed by atoms with Gasteiger partial charge in [-0.3, -0.25) is 0 Å². The summed E-state index contributed by atoms with van der Waals surface area (Å²) in [6, 6.07) is 7.29. The van der Waals surface area contributed by atoms with Gasteiger partial charge in [0.15, 0.2) is 11.1 Å². The van der Waals surface area contributed by atoms with Crippen molar-refractivity contribution in [2.75, 3.05) is 5.75 Å². The number of benzene rings is 1. The molecule has 0 bridgehead atoms. The number of hydrogen-bond acceptors (Lipinski definition) is 2. The van der Waals surface area contributed by atoms with E-state index in [0.717, 1.165) is 11.1 Å². The topological polar surface area (TPSA) is 63.3 Å². The lowest BCUT2D eigenvalue weighted by Gasteiger charge is -2.09. The molecular weight excluding hydrogens is 186 g/mol. The summed E-state index contributed by atoms with van der Waals surface area (Å²) >= 11 is -1.83. The van der Waals surface area contributed by atoms with Gasteiger partial charge in [0, 0.05) is 6.04 Å². The molecule has 3 nitrogen and oxygen atoms in total. The van der Waals surface area contributed by atoms with Crippen LogP contribution in [0.25, 0.3) is 0 Å². The van der Waals surface area contributed by atoms with Gasteiger partial charge in [0.1, 0.15) is 0 Å². The molecule has 1 rings (SSSR count). The van der Waals surface area contributed by atoms with E-state index in [1.54, 1.807) is 0 Å². The van der Waals surface area contributed by atoms with Crippen molar-refractivity contribution in [3.8, 4) is 0 Å². The molecule has 0 radical (unpaired) electrons. The highest BCUT2D eigenvalue weighted by molar-refractivity contribution is 7.79. The van der Waals surface area contributed by atoms with Crippen LogP contribution in [0.3, 0.4) is 0 Å². The van der Waals surface area contributed by atoms with E-state index in [9.17, 15) is 4.21 Å². The van der Waals surface area contributed by atoms with E-state index in [1.807, 2.05) is 31.2 Å². The molecule has 2 unspecified atom stereocenters. The van der Waals surface area contributed by atoms with Gasteiger partial charge < -0.3 is 10.3 Å². The molecule has 0 aliphatic rings. The Balaban J connectivity index is 2.71. The molecule has 4 heteroatoms. The molecule has 0 aliphatic carbocycles. The van der Waals surface area contributed by atoms with Crippen molar-refractivity contribution in [1.29, 1.82) is 0 Å². The van der Waals surface area contributed by atoms with Crippen LogP contribution in [-0.2, 0) is 11.1 Å². The molecule has 13 heavy (non-hydrogen) atoms. The molecule has 0 spiro atoms. The number of hydrogen-bond donors (Lipinski definition) is 2. The second-order valence-corrected chi connectivity index (χ2v) is 3.98. The zero-order valence-corrected chi connectivity index (χ0v) is 8.25. The van der Waals surface area contributed by atoms with Crippen LogP contribution in [-0.4, -0.2) is 14.5 Å². The minimum atomic E-state index is -1.83. The second kappa shape index (κ2) is 4.50. The lowest BCUT2D eigenvalue weighted by Crippen LogP contribution is -2.17. The van der Waals surface area contributed by atoms with Crippen LogP contribution in [0.4, 0.5) is 0 Å². The first kappa shape index (κ1) is 10.4. The van der Waals surface area contributed by atoms with Gasteiger partial charge in [0.25, 0.3) is 0 Å². The minimum absolute atomic E-state index is 0.0864. The van der Waals surface area contributed by atoms with Crippen molar-refractivity contribution in [2.24, 2.45) is 5.73 Å². The van der Waals surface area contributed by atoms with Crippen LogP contribution in [0.1, 0.15) is 17.2 Å². The molecule has 0 amide bonds. The van der Waals surface area contributed by atoms with Crippen molar-refractivity contribution < 1.29 is 8.76 Å². The van der Waals surface area contributed by atoms with Crippen molar-refractivity contribution in [2.45, 2.75) is 13.0 Å². The van der Waals surface area contributed by atoms with Crippen LogP contribution in [0, 0.1) is 6.92 Å². The molecule has 0 heterocycles. The minimum Gasteiger partial charge on any atom is -0.323 e. The molecule has 72 valence electrons. The Morgan fingerprint density at radius 3 is 2.46 bits per heavy atom. The molecular formula is C9H13NO2S. The van der Waals surface area contributed by atoms with E-state index in [2.05, 4.69) is 0 Å². The van der Waals surface area contributed by atoms with Crippen LogP contribution < -0.4 is 5.73 Å². The fraction of sp³-hybridized carbons (Fsp3) is 0.333. The first-order chi connectivity index (χ1) is 6.09. The summed E-state index contributed by atoms with van der Waals surface area (Å²) in [6.07, 6.45) is 0. The molecule has 0 aromatic heterocycles. The summed E-state index contributed by atoms with van der Waals surface area (Å²) in [5.74, 6) is 0.0864. The summed E-state index contributed by atoms with van der Waals surface area (Å²) in [6.45, 7) is 1.99. The summed E-state index contributed by atoms with van der Waals surface area (Å²) in [5, 5.41) is 0. The molecule has 1 aromatic rings. The molecule has 0 saturated heterocycles. The van der Waals surface area contributed by atoms with Gasteiger partial charge in [-0.25, -0.2) is 4.21 Å². The van der Waals surface area contributed by atoms with Crippen LogP contribution in [0.15, 0.2) is 24.3 Å². The van der Waals surface area contributed by atoms with Crippen LogP contribution in [0.2, 0.25) is 0 Å². The Labute approximate surface area is 80.2 Å². The van der Waals surface area contributed by atoms with Crippen molar-refractivity contribution >= 4 is 11.1 Å². The van der Waals surface area contributed by atoms with Gasteiger partial charge in [-0.1, -0.05) is 29.8 Å². The number of rotatable bonds is 3. The van der Waals surface area contributed by atoms with E-state index in [0.29, 0.717) is 0 Å². The molecule has 3 N–H and O–H groups in total. The maximum atomic E-state index is 10.5. The largest absolute Gasteiger partial charge is 0.323 e. The van der Waals surface area contributed by atoms with E-state index < -0.39 is 11.1 Å². The van der Waals surface area contributed by atoms with Gasteiger partial charge in [-0.05, 0) is 12.5 Å². The zero-order valence-electron chi connectivity index (χ0n) is 7.43. The van der Waals surface area contributed by atoms with Crippen molar-refractivity contribution in [3.05, 3.63) is 35.4 Å². The third-order valence-electron chi connectivity index (χ3n) is 1.83. The van der Waals surface area contributed by atoms with Gasteiger partial charge in [0.05, 0.1) is 5.75 Å². The predicted octanol–water partition coefficient (Wildman–Crippen LogP) is 1.22. The summed E-state index contributed by atoms with van der Waals surface area (Å²) in [4.78, 5) is 0. The third-order valence-corrected chi connectivity index (χ3v) is 2.47. The monoisotopic (exact) mass is 199 g/mol. The Kier molecular flexibility index (Phi) is 3.59. The van der Waals surface area contributed by atoms with Crippen LogP contribution >= 0.6 is 0 Å². The third kappa shape index (κ3) is 3.26. The molecule has 0 fully saturated rings. The summed E-state index contributed by atoms with van der Waals surface area (Å²) in [5.41, 5.74) is 7.74. The van der Waals surface area contributed by atoms with Crippen molar-refractivity contribution in [3.63, 3.8) is 0 Å². The standard InChI is InChI=1S/C9H13NO2S/c1-7-2-4-8(5-3-7)9(10)6-13(11)12/h2-5,9H,6,10H2,1H3,(H,11,12). The highest BCUT2D eigenvalue weighted by Crippen LogP contribution is 2.11. The Bertz CT molecular complexity index is 297. The first-order valence-corrected chi connectivity index (χ1v) is 5.27. The van der Waals surface area contributed by atoms with E-state index >= 15 is 0 Å². The average Bonchev–Trinajstić information content (AvgIpc) is 2.04. The van der Waals surface area contributed by atoms with Crippen LogP contribution in [0.5, 0.6) is 0 Å². The highest BCUT2D eigenvalue weighted by atomic mass is 32.2.